The molecule has 240 valence electrons. The third kappa shape index (κ3) is 6.84. The van der Waals surface area contributed by atoms with Gasteiger partial charge in [0, 0.05) is 9.50 Å². The summed E-state index contributed by atoms with van der Waals surface area (Å²) in [6, 6.07) is 12.7. The highest BCUT2D eigenvalue weighted by molar-refractivity contribution is 9.10. The molecule has 11 nitrogen and oxygen atoms in total. The number of hydrogen-bond donors (Lipinski definition) is 4. The van der Waals surface area contributed by atoms with Crippen molar-refractivity contribution in [3.8, 4) is 0 Å². The molecule has 1 amide bonds. The van der Waals surface area contributed by atoms with Gasteiger partial charge in [-0.2, -0.15) is 13.2 Å². The third-order valence-corrected chi connectivity index (χ3v) is 11.4. The van der Waals surface area contributed by atoms with Crippen LogP contribution in [0.2, 0.25) is 5.02 Å². The van der Waals surface area contributed by atoms with Crippen LogP contribution in [0.25, 0.3) is 11.0 Å². The van der Waals surface area contributed by atoms with Crippen molar-refractivity contribution in [1.82, 2.24) is 19.2 Å². The zero-order valence-electron chi connectivity index (χ0n) is 22.9. The molecule has 4 aromatic rings. The number of H-pyrrole nitrogens is 1. The van der Waals surface area contributed by atoms with E-state index in [1.165, 1.54) is 24.3 Å². The Balaban J connectivity index is 1.64. The summed E-state index contributed by atoms with van der Waals surface area (Å²) in [5.74, 6) is -3.50. The van der Waals surface area contributed by atoms with Gasteiger partial charge in [0.1, 0.15) is 17.1 Å². The van der Waals surface area contributed by atoms with Crippen molar-refractivity contribution >= 4 is 71.2 Å². The lowest BCUT2D eigenvalue weighted by molar-refractivity contribution is -0.227. The van der Waals surface area contributed by atoms with Crippen LogP contribution in [-0.2, 0) is 30.9 Å². The van der Waals surface area contributed by atoms with E-state index in [-0.39, 0.29) is 28.2 Å². The van der Waals surface area contributed by atoms with Crippen LogP contribution in [0.1, 0.15) is 40.2 Å². The van der Waals surface area contributed by atoms with Crippen molar-refractivity contribution in [2.75, 3.05) is 0 Å². The molecule has 1 saturated heterocycles. The third-order valence-electron chi connectivity index (χ3n) is 6.93. The van der Waals surface area contributed by atoms with Crippen LogP contribution in [0.3, 0.4) is 0 Å². The van der Waals surface area contributed by atoms with Gasteiger partial charge >= 0.3 is 12.1 Å². The SMILES string of the molecule is Cc1ccc(S(=O)(=O)N(OC(=O)C(F)(F)F)[C@@H](Cc2ccc(C3CC(=O)NS3(O)O)c(Br)c2)c2nc3ccccc3[nH]2)cc1Cl. The molecule has 4 N–H and O–H groups in total. The predicted octanol–water partition coefficient (Wildman–Crippen LogP) is 6.51. The summed E-state index contributed by atoms with van der Waals surface area (Å²) in [5.41, 5.74) is 1.93. The minimum absolute atomic E-state index is 0.00355. The first-order valence-electron chi connectivity index (χ1n) is 12.9. The van der Waals surface area contributed by atoms with Gasteiger partial charge in [-0.25, -0.2) is 18.2 Å². The van der Waals surface area contributed by atoms with Crippen LogP contribution >= 0.6 is 38.3 Å². The number of imidazole rings is 1. The van der Waals surface area contributed by atoms with E-state index in [2.05, 4.69) is 35.5 Å². The number of aromatic nitrogens is 2. The summed E-state index contributed by atoms with van der Waals surface area (Å²) in [5, 5.41) is -0.987. The van der Waals surface area contributed by atoms with Crippen molar-refractivity contribution in [2.24, 2.45) is 0 Å². The molecule has 0 bridgehead atoms. The minimum atomic E-state index is -5.56. The first-order chi connectivity index (χ1) is 21.0. The Kier molecular flexibility index (Phi) is 9.00. The van der Waals surface area contributed by atoms with Gasteiger partial charge in [-0.3, -0.25) is 18.6 Å². The lowest BCUT2D eigenvalue weighted by Gasteiger charge is -2.33. The molecule has 0 aliphatic carbocycles. The number of amides is 1. The van der Waals surface area contributed by atoms with Gasteiger partial charge < -0.3 is 9.82 Å². The van der Waals surface area contributed by atoms with Crippen molar-refractivity contribution in [1.29, 1.82) is 0 Å². The number of halogens is 5. The fourth-order valence-electron chi connectivity index (χ4n) is 4.69. The van der Waals surface area contributed by atoms with E-state index in [0.717, 1.165) is 12.1 Å². The van der Waals surface area contributed by atoms with Crippen molar-refractivity contribution in [2.45, 2.75) is 42.1 Å². The van der Waals surface area contributed by atoms with Gasteiger partial charge in [0.15, 0.2) is 0 Å². The molecule has 1 unspecified atom stereocenters. The summed E-state index contributed by atoms with van der Waals surface area (Å²) < 4.78 is 91.5. The van der Waals surface area contributed by atoms with Crippen LogP contribution in [-0.4, -0.2) is 50.0 Å². The molecular formula is C27H23BrClF3N4O7S2. The number of carbonyl (C=O) groups is 2. The first-order valence-corrected chi connectivity index (χ1v) is 17.1. The van der Waals surface area contributed by atoms with Crippen LogP contribution in [0, 0.1) is 6.92 Å². The largest absolute Gasteiger partial charge is 0.492 e. The quantitative estimate of drug-likeness (QED) is 0.148. The molecule has 0 spiro atoms. The fraction of sp³-hybridized carbons (Fsp3) is 0.222. The Labute approximate surface area is 269 Å². The smallest absolute Gasteiger partial charge is 0.344 e. The zero-order chi connectivity index (χ0) is 32.9. The molecule has 45 heavy (non-hydrogen) atoms. The first kappa shape index (κ1) is 33.2. The average molecular weight is 752 g/mol. The van der Waals surface area contributed by atoms with Gasteiger partial charge in [-0.05, 0) is 64.8 Å². The number of aryl methyl sites for hydroxylation is 1. The number of hydroxylamine groups is 1. The second kappa shape index (κ2) is 12.2. The molecule has 3 aromatic carbocycles. The van der Waals surface area contributed by atoms with Crippen molar-refractivity contribution < 1.29 is 45.1 Å². The highest BCUT2D eigenvalue weighted by Gasteiger charge is 2.47. The molecule has 1 fully saturated rings. The summed E-state index contributed by atoms with van der Waals surface area (Å²) in [4.78, 5) is 35.4. The minimum Gasteiger partial charge on any atom is -0.344 e. The highest BCUT2D eigenvalue weighted by atomic mass is 79.9. The molecule has 1 aliphatic rings. The van der Waals surface area contributed by atoms with E-state index >= 15 is 0 Å². The van der Waals surface area contributed by atoms with E-state index < -0.39 is 55.0 Å². The van der Waals surface area contributed by atoms with E-state index in [1.807, 2.05) is 0 Å². The number of nitrogens with one attached hydrogen (secondary N) is 2. The maximum absolute atomic E-state index is 14.0. The van der Waals surface area contributed by atoms with E-state index in [1.54, 1.807) is 31.2 Å². The summed E-state index contributed by atoms with van der Waals surface area (Å²) in [7, 11) is -8.54. The lowest BCUT2D eigenvalue weighted by atomic mass is 10.0. The highest BCUT2D eigenvalue weighted by Crippen LogP contribution is 2.57. The van der Waals surface area contributed by atoms with Crippen LogP contribution < -0.4 is 4.72 Å². The second-order valence-electron chi connectivity index (χ2n) is 10.1. The zero-order valence-corrected chi connectivity index (χ0v) is 26.9. The van der Waals surface area contributed by atoms with E-state index in [0.29, 0.717) is 32.2 Å². The number of hydrogen-bond acceptors (Lipinski definition) is 8. The molecule has 18 heteroatoms. The van der Waals surface area contributed by atoms with Crippen LogP contribution in [0.4, 0.5) is 13.2 Å². The van der Waals surface area contributed by atoms with Crippen molar-refractivity contribution in [3.63, 3.8) is 0 Å². The Morgan fingerprint density at radius 1 is 1.20 bits per heavy atom. The summed E-state index contributed by atoms with van der Waals surface area (Å²) >= 11 is 9.49. The second-order valence-corrected chi connectivity index (χ2v) is 15.1. The number of para-hydroxylation sites is 2. The number of alkyl halides is 3. The van der Waals surface area contributed by atoms with Crippen LogP contribution in [0.5, 0.6) is 0 Å². The van der Waals surface area contributed by atoms with E-state index in [9.17, 15) is 40.3 Å². The number of aromatic amines is 1. The summed E-state index contributed by atoms with van der Waals surface area (Å²) in [6.07, 6.45) is -6.15. The Bertz CT molecular complexity index is 1890. The maximum Gasteiger partial charge on any atom is 0.492 e. The van der Waals surface area contributed by atoms with Gasteiger partial charge in [0.25, 0.3) is 10.0 Å². The molecule has 2 atom stereocenters. The normalized spacial score (nSPS) is 18.2. The molecule has 2 heterocycles. The maximum atomic E-state index is 14.0. The fourth-order valence-corrected chi connectivity index (χ4v) is 8.68. The monoisotopic (exact) mass is 750 g/mol. The number of sulfonamides is 1. The van der Waals surface area contributed by atoms with Gasteiger partial charge in [-0.15, -0.1) is 10.8 Å². The molecular weight excluding hydrogens is 729 g/mol. The standard InChI is InChI=1S/C27H23BrClF3N4O7S2/c1-14-6-8-16(12-19(14)29)45(41,42)36(43-26(38)27(30,31)32)22(25-33-20-4-2-3-5-21(20)34-25)11-15-7-9-17(18(28)10-15)23-13-24(37)35-44(23,39)40/h2-10,12,22-23,39-40H,11,13H2,1H3,(H,33,34)(H,35,37)/t22-,23?/m0/s1. The van der Waals surface area contributed by atoms with Gasteiger partial charge in [0.05, 0.1) is 22.3 Å². The van der Waals surface area contributed by atoms with E-state index in [4.69, 9.17) is 11.6 Å². The number of rotatable bonds is 8. The molecule has 5 rings (SSSR count). The molecule has 1 aromatic heterocycles. The average Bonchev–Trinajstić information content (AvgIpc) is 3.50. The Hall–Kier alpha value is -3.19. The van der Waals surface area contributed by atoms with Crippen LogP contribution in [0.15, 0.2) is 70.0 Å². The Morgan fingerprint density at radius 2 is 1.91 bits per heavy atom. The topological polar surface area (TPSA) is 162 Å². The van der Waals surface area contributed by atoms with Crippen molar-refractivity contribution in [3.05, 3.63) is 92.7 Å². The lowest BCUT2D eigenvalue weighted by Crippen LogP contribution is -2.42. The predicted molar refractivity (Wildman–Crippen MR) is 162 cm³/mol. The molecule has 0 radical (unpaired) electrons. The number of fused-ring (bicyclic) bond motifs is 1. The van der Waals surface area contributed by atoms with Gasteiger partial charge in [-0.1, -0.05) is 57.9 Å². The molecule has 0 saturated carbocycles. The number of benzene rings is 3. The molecule has 1 aliphatic heterocycles. The van der Waals surface area contributed by atoms with Gasteiger partial charge in [0.2, 0.25) is 5.91 Å². The Morgan fingerprint density at radius 3 is 2.51 bits per heavy atom. The number of nitrogens with zero attached hydrogens (tertiary/aromatic N) is 2. The number of carbonyl (C=O) groups excluding carboxylic acids is 2. The summed E-state index contributed by atoms with van der Waals surface area (Å²) in [6.45, 7) is 1.59.